The van der Waals surface area contributed by atoms with Gasteiger partial charge in [0.05, 0.1) is 17.0 Å². The lowest BCUT2D eigenvalue weighted by molar-refractivity contribution is -0.0153. The first-order valence-electron chi connectivity index (χ1n) is 7.43. The largest absolute Gasteiger partial charge is 0.388 e. The van der Waals surface area contributed by atoms with E-state index < -0.39 is 5.60 Å². The fourth-order valence-electron chi connectivity index (χ4n) is 2.91. The number of aliphatic hydroxyl groups is 1. The summed E-state index contributed by atoms with van der Waals surface area (Å²) in [6.07, 6.45) is 4.72. The van der Waals surface area contributed by atoms with Crippen molar-refractivity contribution in [1.82, 2.24) is 9.78 Å². The zero-order valence-corrected chi connectivity index (χ0v) is 13.0. The Bertz CT molecular complexity index is 684. The van der Waals surface area contributed by atoms with Gasteiger partial charge in [-0.05, 0) is 38.0 Å². The molecule has 0 aromatic carbocycles. The Morgan fingerprint density at radius 3 is 2.67 bits per heavy atom. The molecule has 0 radical (unpaired) electrons. The lowest BCUT2D eigenvalue weighted by Gasteiger charge is -2.31. The second kappa shape index (κ2) is 5.73. The van der Waals surface area contributed by atoms with E-state index in [1.165, 1.54) is 16.0 Å². The van der Waals surface area contributed by atoms with E-state index in [1.54, 1.807) is 23.5 Å². The molecular weight excluding hydrogens is 284 g/mol. The van der Waals surface area contributed by atoms with Gasteiger partial charge in [-0.2, -0.15) is 5.10 Å². The normalized spacial score (nSPS) is 17.8. The Labute approximate surface area is 128 Å². The van der Waals surface area contributed by atoms with Gasteiger partial charge in [0.15, 0.2) is 0 Å². The average molecular weight is 304 g/mol. The standard InChI is InChI=1S/C16H20N2O2S/c1-12-5-7-14(21-12)13-6-8-15(19)18(17-13)11-16(20)9-3-2-4-10-16/h5-8,20H,2-4,9-11H2,1H3. The number of nitrogens with zero attached hydrogens (tertiary/aromatic N) is 2. The molecule has 0 saturated heterocycles. The van der Waals surface area contributed by atoms with Crippen LogP contribution in [0.4, 0.5) is 0 Å². The van der Waals surface area contributed by atoms with E-state index >= 15 is 0 Å². The van der Waals surface area contributed by atoms with Crippen LogP contribution in [0, 0.1) is 6.92 Å². The van der Waals surface area contributed by atoms with Crippen LogP contribution in [0.15, 0.2) is 29.1 Å². The van der Waals surface area contributed by atoms with Crippen LogP contribution in [0.1, 0.15) is 37.0 Å². The highest BCUT2D eigenvalue weighted by Crippen LogP contribution is 2.29. The van der Waals surface area contributed by atoms with E-state index in [9.17, 15) is 9.90 Å². The molecule has 0 unspecified atom stereocenters. The molecule has 5 heteroatoms. The van der Waals surface area contributed by atoms with Gasteiger partial charge in [0, 0.05) is 10.9 Å². The van der Waals surface area contributed by atoms with Crippen molar-refractivity contribution in [3.05, 3.63) is 39.5 Å². The zero-order chi connectivity index (χ0) is 14.9. The molecule has 1 N–H and O–H groups in total. The summed E-state index contributed by atoms with van der Waals surface area (Å²) >= 11 is 1.66. The van der Waals surface area contributed by atoms with E-state index in [2.05, 4.69) is 12.0 Å². The summed E-state index contributed by atoms with van der Waals surface area (Å²) in [5.41, 5.74) is -0.128. The molecule has 0 atom stereocenters. The van der Waals surface area contributed by atoms with E-state index in [4.69, 9.17) is 0 Å². The molecule has 1 saturated carbocycles. The molecule has 2 aromatic rings. The molecule has 3 rings (SSSR count). The Balaban J connectivity index is 1.89. The van der Waals surface area contributed by atoms with E-state index in [0.717, 1.165) is 36.3 Å². The van der Waals surface area contributed by atoms with Gasteiger partial charge in [-0.15, -0.1) is 11.3 Å². The van der Waals surface area contributed by atoms with Gasteiger partial charge >= 0.3 is 0 Å². The van der Waals surface area contributed by atoms with Crippen LogP contribution >= 0.6 is 11.3 Å². The van der Waals surface area contributed by atoms with Gasteiger partial charge in [-0.1, -0.05) is 19.3 Å². The highest BCUT2D eigenvalue weighted by molar-refractivity contribution is 7.15. The number of aromatic nitrogens is 2. The van der Waals surface area contributed by atoms with Crippen molar-refractivity contribution < 1.29 is 5.11 Å². The SMILES string of the molecule is Cc1ccc(-c2ccc(=O)n(CC3(O)CCCCC3)n2)s1. The minimum Gasteiger partial charge on any atom is -0.388 e. The molecule has 1 aliphatic rings. The first kappa shape index (κ1) is 14.5. The van der Waals surface area contributed by atoms with Gasteiger partial charge in [0.2, 0.25) is 0 Å². The molecule has 0 spiro atoms. The highest BCUT2D eigenvalue weighted by Gasteiger charge is 2.30. The van der Waals surface area contributed by atoms with Crippen LogP contribution in [0.3, 0.4) is 0 Å². The summed E-state index contributed by atoms with van der Waals surface area (Å²) in [5, 5.41) is 15.1. The molecule has 0 aliphatic heterocycles. The second-order valence-corrected chi connectivity index (χ2v) is 7.20. The quantitative estimate of drug-likeness (QED) is 0.948. The smallest absolute Gasteiger partial charge is 0.266 e. The maximum absolute atomic E-state index is 12.0. The molecule has 112 valence electrons. The van der Waals surface area contributed by atoms with Crippen LogP contribution in [0.2, 0.25) is 0 Å². The Morgan fingerprint density at radius 1 is 1.24 bits per heavy atom. The summed E-state index contributed by atoms with van der Waals surface area (Å²) in [4.78, 5) is 14.3. The second-order valence-electron chi connectivity index (χ2n) is 5.91. The fraction of sp³-hybridized carbons (Fsp3) is 0.500. The van der Waals surface area contributed by atoms with Crippen LogP contribution < -0.4 is 5.56 Å². The average Bonchev–Trinajstić information content (AvgIpc) is 2.88. The highest BCUT2D eigenvalue weighted by atomic mass is 32.1. The molecule has 1 fully saturated rings. The van der Waals surface area contributed by atoms with Gasteiger partial charge in [0.25, 0.3) is 5.56 Å². The molecular formula is C16H20N2O2S. The minimum absolute atomic E-state index is 0.147. The van der Waals surface area contributed by atoms with Crippen LogP contribution in [0.5, 0.6) is 0 Å². The third kappa shape index (κ3) is 3.24. The molecule has 0 bridgehead atoms. The number of hydrogen-bond acceptors (Lipinski definition) is 4. The maximum atomic E-state index is 12.0. The zero-order valence-electron chi connectivity index (χ0n) is 12.2. The maximum Gasteiger partial charge on any atom is 0.266 e. The van der Waals surface area contributed by atoms with Crippen molar-refractivity contribution in [3.8, 4) is 10.6 Å². The van der Waals surface area contributed by atoms with Crippen LogP contribution in [0.25, 0.3) is 10.6 Å². The first-order chi connectivity index (χ1) is 10.1. The molecule has 0 amide bonds. The summed E-state index contributed by atoms with van der Waals surface area (Å²) in [7, 11) is 0. The van der Waals surface area contributed by atoms with Gasteiger partial charge in [0.1, 0.15) is 5.69 Å². The lowest BCUT2D eigenvalue weighted by atomic mass is 9.85. The Hall–Kier alpha value is -1.46. The van der Waals surface area contributed by atoms with Gasteiger partial charge in [-0.25, -0.2) is 4.68 Å². The van der Waals surface area contributed by atoms with Crippen molar-refractivity contribution in [2.24, 2.45) is 0 Å². The van der Waals surface area contributed by atoms with Crippen molar-refractivity contribution in [2.75, 3.05) is 0 Å². The summed E-state index contributed by atoms with van der Waals surface area (Å²) in [5.74, 6) is 0. The van der Waals surface area contributed by atoms with Crippen molar-refractivity contribution in [1.29, 1.82) is 0 Å². The van der Waals surface area contributed by atoms with Gasteiger partial charge in [-0.3, -0.25) is 4.79 Å². The third-order valence-electron chi connectivity index (χ3n) is 4.09. The van der Waals surface area contributed by atoms with Gasteiger partial charge < -0.3 is 5.11 Å². The molecule has 2 heterocycles. The van der Waals surface area contributed by atoms with Crippen LogP contribution in [-0.2, 0) is 6.54 Å². The fourth-order valence-corrected chi connectivity index (χ4v) is 3.75. The minimum atomic E-state index is -0.779. The predicted octanol–water partition coefficient (Wildman–Crippen LogP) is 2.98. The number of thiophene rings is 1. The number of aryl methyl sites for hydroxylation is 1. The van der Waals surface area contributed by atoms with Crippen LogP contribution in [-0.4, -0.2) is 20.5 Å². The first-order valence-corrected chi connectivity index (χ1v) is 8.25. The molecule has 2 aromatic heterocycles. The van der Waals surface area contributed by atoms with Crippen molar-refractivity contribution in [3.63, 3.8) is 0 Å². The topological polar surface area (TPSA) is 55.1 Å². The summed E-state index contributed by atoms with van der Waals surface area (Å²) in [6, 6.07) is 7.37. The van der Waals surface area contributed by atoms with E-state index in [0.29, 0.717) is 6.54 Å². The Kier molecular flexibility index (Phi) is 3.95. The molecule has 1 aliphatic carbocycles. The lowest BCUT2D eigenvalue weighted by Crippen LogP contribution is -2.40. The monoisotopic (exact) mass is 304 g/mol. The number of rotatable bonds is 3. The summed E-state index contributed by atoms with van der Waals surface area (Å²) in [6.45, 7) is 2.35. The van der Waals surface area contributed by atoms with Crippen molar-refractivity contribution >= 4 is 11.3 Å². The molecule has 21 heavy (non-hydrogen) atoms. The predicted molar refractivity (Wildman–Crippen MR) is 84.6 cm³/mol. The number of hydrogen-bond donors (Lipinski definition) is 1. The molecule has 4 nitrogen and oxygen atoms in total. The van der Waals surface area contributed by atoms with E-state index in [1.807, 2.05) is 12.1 Å². The van der Waals surface area contributed by atoms with E-state index in [-0.39, 0.29) is 5.56 Å². The summed E-state index contributed by atoms with van der Waals surface area (Å²) < 4.78 is 1.43. The van der Waals surface area contributed by atoms with Crippen molar-refractivity contribution in [2.45, 2.75) is 51.2 Å². The Morgan fingerprint density at radius 2 is 2.00 bits per heavy atom. The third-order valence-corrected chi connectivity index (χ3v) is 5.11.